The Bertz CT molecular complexity index is 1040. The van der Waals surface area contributed by atoms with Crippen molar-refractivity contribution in [3.8, 4) is 0 Å². The Labute approximate surface area is 140 Å². The zero-order chi connectivity index (χ0) is 17.8. The highest BCUT2D eigenvalue weighted by molar-refractivity contribution is 6.35. The number of rotatable bonds is 5. The van der Waals surface area contributed by atoms with Crippen LogP contribution < -0.4 is 11.0 Å². The Morgan fingerprint density at radius 2 is 1.92 bits per heavy atom. The molecule has 1 aromatic heterocycles. The van der Waals surface area contributed by atoms with Crippen molar-refractivity contribution in [1.29, 1.82) is 0 Å². The maximum Gasteiger partial charge on any atom is 0.276 e. The van der Waals surface area contributed by atoms with Gasteiger partial charge in [0.25, 0.3) is 11.2 Å². The van der Waals surface area contributed by atoms with Crippen molar-refractivity contribution in [2.75, 3.05) is 5.43 Å². The van der Waals surface area contributed by atoms with Gasteiger partial charge in [0.05, 0.1) is 21.6 Å². The average Bonchev–Trinajstić information content (AvgIpc) is 2.62. The second kappa shape index (κ2) is 6.71. The van der Waals surface area contributed by atoms with E-state index in [2.05, 4.69) is 20.5 Å². The van der Waals surface area contributed by atoms with Crippen LogP contribution in [0.25, 0.3) is 11.0 Å². The normalized spacial score (nSPS) is 11.3. The molecule has 3 aromatic rings. The second-order valence-electron chi connectivity index (χ2n) is 4.96. The quantitative estimate of drug-likeness (QED) is 0.316. The van der Waals surface area contributed by atoms with Crippen LogP contribution in [0.1, 0.15) is 5.69 Å². The minimum Gasteiger partial charge on any atom is -0.319 e. The molecule has 9 nitrogen and oxygen atoms in total. The van der Waals surface area contributed by atoms with Crippen molar-refractivity contribution in [3.63, 3.8) is 0 Å². The van der Waals surface area contributed by atoms with Crippen LogP contribution in [0.4, 0.5) is 11.4 Å². The number of aldehydes is 1. The molecule has 0 amide bonds. The molecule has 3 rings (SSSR count). The molecule has 0 aliphatic rings. The number of nitro benzene ring substituents is 1. The van der Waals surface area contributed by atoms with Crippen molar-refractivity contribution >= 4 is 34.4 Å². The molecule has 2 aromatic carbocycles. The van der Waals surface area contributed by atoms with Gasteiger partial charge < -0.3 is 4.98 Å². The number of non-ortho nitro benzene ring substituents is 1. The van der Waals surface area contributed by atoms with Gasteiger partial charge in [0, 0.05) is 12.1 Å². The van der Waals surface area contributed by atoms with E-state index in [-0.39, 0.29) is 17.1 Å². The molecule has 0 unspecified atom stereocenters. The maximum atomic E-state index is 12.1. The van der Waals surface area contributed by atoms with Gasteiger partial charge in [0.15, 0.2) is 17.7 Å². The lowest BCUT2D eigenvalue weighted by molar-refractivity contribution is -0.384. The number of aromatic amines is 1. The maximum absolute atomic E-state index is 12.1. The summed E-state index contributed by atoms with van der Waals surface area (Å²) in [5, 5.41) is 14.5. The molecule has 0 saturated heterocycles. The predicted molar refractivity (Wildman–Crippen MR) is 91.7 cm³/mol. The van der Waals surface area contributed by atoms with E-state index in [1.54, 1.807) is 24.3 Å². The molecule has 2 N–H and O–H groups in total. The lowest BCUT2D eigenvalue weighted by Gasteiger charge is -2.03. The summed E-state index contributed by atoms with van der Waals surface area (Å²) >= 11 is 0. The molecule has 0 radical (unpaired) electrons. The summed E-state index contributed by atoms with van der Waals surface area (Å²) in [6.07, 6.45) is 0.407. The first-order chi connectivity index (χ1) is 12.1. The van der Waals surface area contributed by atoms with E-state index in [1.165, 1.54) is 24.3 Å². The van der Waals surface area contributed by atoms with Gasteiger partial charge in [-0.1, -0.05) is 12.1 Å². The zero-order valence-corrected chi connectivity index (χ0v) is 12.7. The molecule has 25 heavy (non-hydrogen) atoms. The van der Waals surface area contributed by atoms with Gasteiger partial charge in [-0.3, -0.25) is 25.1 Å². The molecule has 0 aliphatic carbocycles. The van der Waals surface area contributed by atoms with Gasteiger partial charge in [-0.2, -0.15) is 5.10 Å². The van der Waals surface area contributed by atoms with E-state index in [9.17, 15) is 19.7 Å². The second-order valence-corrected chi connectivity index (χ2v) is 4.96. The van der Waals surface area contributed by atoms with E-state index in [0.29, 0.717) is 23.0 Å². The number of hydrazone groups is 1. The minimum atomic E-state index is -0.546. The number of H-pyrrole nitrogens is 1. The molecule has 0 saturated carbocycles. The van der Waals surface area contributed by atoms with Gasteiger partial charge in [-0.05, 0) is 24.3 Å². The third-order valence-electron chi connectivity index (χ3n) is 3.34. The summed E-state index contributed by atoms with van der Waals surface area (Å²) in [5.74, 6) is 0. The Balaban J connectivity index is 1.92. The Morgan fingerprint density at radius 1 is 1.20 bits per heavy atom. The molecule has 0 aliphatic heterocycles. The average molecular weight is 337 g/mol. The lowest BCUT2D eigenvalue weighted by atomic mass is 10.2. The number of hydrogen-bond acceptors (Lipinski definition) is 7. The van der Waals surface area contributed by atoms with Gasteiger partial charge >= 0.3 is 0 Å². The highest BCUT2D eigenvalue weighted by Gasteiger charge is 2.12. The van der Waals surface area contributed by atoms with E-state index >= 15 is 0 Å². The smallest absolute Gasteiger partial charge is 0.276 e. The van der Waals surface area contributed by atoms with Crippen molar-refractivity contribution in [1.82, 2.24) is 9.97 Å². The predicted octanol–water partition coefficient (Wildman–Crippen LogP) is 1.85. The number of anilines is 1. The number of para-hydroxylation sites is 2. The first kappa shape index (κ1) is 16.0. The van der Waals surface area contributed by atoms with Crippen LogP contribution >= 0.6 is 0 Å². The topological polar surface area (TPSA) is 130 Å². The fourth-order valence-electron chi connectivity index (χ4n) is 2.12. The summed E-state index contributed by atoms with van der Waals surface area (Å²) in [5.41, 5.74) is 3.13. The Morgan fingerprint density at radius 3 is 2.60 bits per heavy atom. The SMILES string of the molecule is O=CC(=NNc1ccc([N+](=O)[O-])cc1)c1nc2ccccc2[nH]c1=O. The molecule has 1 heterocycles. The van der Waals surface area contributed by atoms with E-state index in [4.69, 9.17) is 0 Å². The van der Waals surface area contributed by atoms with Crippen LogP contribution in [0.15, 0.2) is 58.4 Å². The number of nitro groups is 1. The summed E-state index contributed by atoms with van der Waals surface area (Å²) in [6, 6.07) is 12.3. The fourth-order valence-corrected chi connectivity index (χ4v) is 2.12. The van der Waals surface area contributed by atoms with Gasteiger partial charge in [0.1, 0.15) is 0 Å². The van der Waals surface area contributed by atoms with Crippen molar-refractivity contribution in [2.45, 2.75) is 0 Å². The Kier molecular flexibility index (Phi) is 4.29. The lowest BCUT2D eigenvalue weighted by Crippen LogP contribution is -2.22. The largest absolute Gasteiger partial charge is 0.319 e. The number of carbonyl (C=O) groups excluding carboxylic acids is 1. The molecular formula is C16H11N5O4. The summed E-state index contributed by atoms with van der Waals surface area (Å²) in [4.78, 5) is 40.3. The van der Waals surface area contributed by atoms with Gasteiger partial charge in [-0.15, -0.1) is 0 Å². The van der Waals surface area contributed by atoms with Crippen LogP contribution in [0.5, 0.6) is 0 Å². The highest BCUT2D eigenvalue weighted by atomic mass is 16.6. The monoisotopic (exact) mass is 337 g/mol. The van der Waals surface area contributed by atoms with Crippen LogP contribution in [-0.4, -0.2) is 26.9 Å². The number of benzene rings is 2. The van der Waals surface area contributed by atoms with Crippen LogP contribution in [0.3, 0.4) is 0 Å². The first-order valence-electron chi connectivity index (χ1n) is 7.11. The summed E-state index contributed by atoms with van der Waals surface area (Å²) < 4.78 is 0. The van der Waals surface area contributed by atoms with Crippen LogP contribution in [0.2, 0.25) is 0 Å². The number of fused-ring (bicyclic) bond motifs is 1. The first-order valence-corrected chi connectivity index (χ1v) is 7.11. The van der Waals surface area contributed by atoms with Gasteiger partial charge in [0.2, 0.25) is 0 Å². The van der Waals surface area contributed by atoms with E-state index in [1.807, 2.05) is 0 Å². The fraction of sp³-hybridized carbons (Fsp3) is 0. The molecular weight excluding hydrogens is 326 g/mol. The third-order valence-corrected chi connectivity index (χ3v) is 3.34. The molecule has 124 valence electrons. The van der Waals surface area contributed by atoms with Crippen molar-refractivity contribution < 1.29 is 9.72 Å². The molecule has 0 spiro atoms. The molecule has 0 atom stereocenters. The van der Waals surface area contributed by atoms with Crippen LogP contribution in [0, 0.1) is 10.1 Å². The molecule has 0 bridgehead atoms. The zero-order valence-electron chi connectivity index (χ0n) is 12.7. The summed E-state index contributed by atoms with van der Waals surface area (Å²) in [6.45, 7) is 0. The van der Waals surface area contributed by atoms with Crippen molar-refractivity contribution in [2.24, 2.45) is 5.10 Å². The number of nitrogens with one attached hydrogen (secondary N) is 2. The van der Waals surface area contributed by atoms with E-state index < -0.39 is 10.5 Å². The van der Waals surface area contributed by atoms with Crippen LogP contribution in [-0.2, 0) is 4.79 Å². The standard InChI is InChI=1S/C16H11N5O4/c22-9-14(20-19-10-5-7-11(8-6-10)21(24)25)15-16(23)18-13-4-2-1-3-12(13)17-15/h1-9,19H,(H,18,23). The number of carbonyl (C=O) groups is 1. The number of nitrogens with zero attached hydrogens (tertiary/aromatic N) is 3. The van der Waals surface area contributed by atoms with Crippen molar-refractivity contribution in [3.05, 3.63) is 74.7 Å². The minimum absolute atomic E-state index is 0.0715. The highest BCUT2D eigenvalue weighted by Crippen LogP contribution is 2.15. The number of aromatic nitrogens is 2. The van der Waals surface area contributed by atoms with Gasteiger partial charge in [-0.25, -0.2) is 4.98 Å². The molecule has 9 heteroatoms. The third kappa shape index (κ3) is 3.39. The molecule has 0 fully saturated rings. The van der Waals surface area contributed by atoms with E-state index in [0.717, 1.165) is 0 Å². The Hall–Kier alpha value is -3.88. The summed E-state index contributed by atoms with van der Waals surface area (Å²) in [7, 11) is 0. The number of hydrogen-bond donors (Lipinski definition) is 2.